The molecule has 1 aromatic heterocycles. The van der Waals surface area contributed by atoms with Crippen molar-refractivity contribution in [2.75, 3.05) is 26.0 Å². The predicted octanol–water partition coefficient (Wildman–Crippen LogP) is 3.82. The number of amides is 3. The number of carbonyl (C=O) groups excluding carboxylic acids is 3. The summed E-state index contributed by atoms with van der Waals surface area (Å²) in [5.74, 6) is 0.210. The molecule has 1 saturated heterocycles. The molecule has 9 nitrogen and oxygen atoms in total. The number of anilines is 1. The number of benzene rings is 2. The highest BCUT2D eigenvalue weighted by molar-refractivity contribution is 6.07. The Morgan fingerprint density at radius 3 is 2.74 bits per heavy atom. The number of para-hydroxylation sites is 1. The van der Waals surface area contributed by atoms with Crippen LogP contribution in [0.4, 0.5) is 5.69 Å². The molecule has 2 aliphatic heterocycles. The average Bonchev–Trinajstić information content (AvgIpc) is 3.61. The quantitative estimate of drug-likeness (QED) is 0.507. The van der Waals surface area contributed by atoms with Gasteiger partial charge in [0.1, 0.15) is 23.5 Å². The van der Waals surface area contributed by atoms with Crippen molar-refractivity contribution in [1.29, 1.82) is 5.26 Å². The zero-order valence-electron chi connectivity index (χ0n) is 22.1. The third kappa shape index (κ3) is 3.94. The van der Waals surface area contributed by atoms with E-state index in [0.717, 1.165) is 41.4 Å². The average molecular weight is 526 g/mol. The summed E-state index contributed by atoms with van der Waals surface area (Å²) in [6, 6.07) is 15.5. The van der Waals surface area contributed by atoms with Gasteiger partial charge >= 0.3 is 0 Å². The topological polar surface area (TPSA) is 119 Å². The van der Waals surface area contributed by atoms with E-state index in [1.807, 2.05) is 42.5 Å². The van der Waals surface area contributed by atoms with Crippen molar-refractivity contribution in [2.24, 2.45) is 5.92 Å². The number of aromatic nitrogens is 1. The summed E-state index contributed by atoms with van der Waals surface area (Å²) in [5.41, 5.74) is 1.70. The first-order valence-electron chi connectivity index (χ1n) is 13.4. The SMILES string of the molecule is COc1cccc2[nH]c(C(=O)N(C)C(CC3CCC3)C(=O)N3C[C@]4(C[C@H]3C#N)C(=O)Nc3ccccc34)cc12. The van der Waals surface area contributed by atoms with Crippen LogP contribution in [0.5, 0.6) is 5.75 Å². The molecule has 39 heavy (non-hydrogen) atoms. The number of likely N-dealkylation sites (N-methyl/N-ethyl adjacent to an activating group) is 1. The van der Waals surface area contributed by atoms with E-state index in [2.05, 4.69) is 16.4 Å². The first kappa shape index (κ1) is 25.0. The molecule has 3 aliphatic rings. The lowest BCUT2D eigenvalue weighted by atomic mass is 9.79. The molecule has 2 fully saturated rings. The Morgan fingerprint density at radius 1 is 1.23 bits per heavy atom. The Kier molecular flexibility index (Phi) is 6.06. The lowest BCUT2D eigenvalue weighted by molar-refractivity contribution is -0.137. The Labute approximate surface area is 226 Å². The normalized spacial score (nSPS) is 22.7. The van der Waals surface area contributed by atoms with E-state index in [0.29, 0.717) is 23.8 Å². The second-order valence-corrected chi connectivity index (χ2v) is 11.0. The van der Waals surface area contributed by atoms with Crippen LogP contribution in [-0.4, -0.2) is 65.3 Å². The van der Waals surface area contributed by atoms with E-state index < -0.39 is 17.5 Å². The van der Waals surface area contributed by atoms with E-state index in [1.54, 1.807) is 20.2 Å². The number of rotatable bonds is 6. The number of ether oxygens (including phenoxy) is 1. The molecule has 200 valence electrons. The molecule has 0 bridgehead atoms. The van der Waals surface area contributed by atoms with Crippen LogP contribution in [0, 0.1) is 17.2 Å². The van der Waals surface area contributed by atoms with Crippen LogP contribution in [0.25, 0.3) is 10.9 Å². The first-order chi connectivity index (χ1) is 18.9. The second-order valence-electron chi connectivity index (χ2n) is 11.0. The predicted molar refractivity (Wildman–Crippen MR) is 145 cm³/mol. The smallest absolute Gasteiger partial charge is 0.270 e. The summed E-state index contributed by atoms with van der Waals surface area (Å²) in [6.45, 7) is 0.111. The molecule has 2 N–H and O–H groups in total. The molecular formula is C30H31N5O4. The molecular weight excluding hydrogens is 494 g/mol. The molecule has 3 atom stereocenters. The van der Waals surface area contributed by atoms with Crippen molar-refractivity contribution < 1.29 is 19.1 Å². The van der Waals surface area contributed by atoms with Crippen LogP contribution in [0.1, 0.15) is 48.2 Å². The van der Waals surface area contributed by atoms with Gasteiger partial charge in [0.25, 0.3) is 5.91 Å². The van der Waals surface area contributed by atoms with Crippen molar-refractivity contribution in [3.8, 4) is 11.8 Å². The molecule has 2 aromatic carbocycles. The largest absolute Gasteiger partial charge is 0.496 e. The van der Waals surface area contributed by atoms with Gasteiger partial charge in [0.15, 0.2) is 0 Å². The van der Waals surface area contributed by atoms with Gasteiger partial charge < -0.3 is 24.8 Å². The molecule has 3 amide bonds. The third-order valence-corrected chi connectivity index (χ3v) is 8.84. The van der Waals surface area contributed by atoms with Crippen LogP contribution in [0.3, 0.4) is 0 Å². The minimum absolute atomic E-state index is 0.111. The number of nitriles is 1. The molecule has 1 spiro atoms. The monoisotopic (exact) mass is 525 g/mol. The number of hydrogen-bond acceptors (Lipinski definition) is 5. The first-order valence-corrected chi connectivity index (χ1v) is 13.4. The van der Waals surface area contributed by atoms with E-state index in [-0.39, 0.29) is 30.7 Å². The molecule has 6 rings (SSSR count). The third-order valence-electron chi connectivity index (χ3n) is 8.84. The molecule has 3 heterocycles. The number of hydrogen-bond donors (Lipinski definition) is 2. The Morgan fingerprint density at radius 2 is 2.03 bits per heavy atom. The highest BCUT2D eigenvalue weighted by Crippen LogP contribution is 2.46. The number of methoxy groups -OCH3 is 1. The van der Waals surface area contributed by atoms with Crippen molar-refractivity contribution >= 4 is 34.3 Å². The van der Waals surface area contributed by atoms with Crippen LogP contribution in [0.15, 0.2) is 48.5 Å². The van der Waals surface area contributed by atoms with Gasteiger partial charge in [0.05, 0.1) is 18.6 Å². The molecule has 1 saturated carbocycles. The number of carbonyl (C=O) groups is 3. The van der Waals surface area contributed by atoms with Crippen LogP contribution < -0.4 is 10.1 Å². The number of nitrogens with one attached hydrogen (secondary N) is 2. The Bertz CT molecular complexity index is 1520. The van der Waals surface area contributed by atoms with Gasteiger partial charge in [-0.1, -0.05) is 43.5 Å². The Balaban J connectivity index is 1.31. The summed E-state index contributed by atoms with van der Waals surface area (Å²) >= 11 is 0. The lowest BCUT2D eigenvalue weighted by Crippen LogP contribution is -2.52. The highest BCUT2D eigenvalue weighted by atomic mass is 16.5. The highest BCUT2D eigenvalue weighted by Gasteiger charge is 2.56. The molecule has 9 heteroatoms. The van der Waals surface area contributed by atoms with Gasteiger partial charge in [0, 0.05) is 36.6 Å². The lowest BCUT2D eigenvalue weighted by Gasteiger charge is -2.36. The summed E-state index contributed by atoms with van der Waals surface area (Å²) in [7, 11) is 3.23. The molecule has 1 aliphatic carbocycles. The molecule has 0 radical (unpaired) electrons. The van der Waals surface area contributed by atoms with E-state index in [9.17, 15) is 19.6 Å². The zero-order valence-corrected chi connectivity index (χ0v) is 22.1. The maximum atomic E-state index is 14.2. The van der Waals surface area contributed by atoms with Crippen molar-refractivity contribution in [3.63, 3.8) is 0 Å². The van der Waals surface area contributed by atoms with Gasteiger partial charge in [-0.2, -0.15) is 5.26 Å². The van der Waals surface area contributed by atoms with Crippen molar-refractivity contribution in [1.82, 2.24) is 14.8 Å². The number of aromatic amines is 1. The number of nitrogens with zero attached hydrogens (tertiary/aromatic N) is 3. The minimum atomic E-state index is -0.968. The fraction of sp³-hybridized carbons (Fsp3) is 0.400. The fourth-order valence-corrected chi connectivity index (χ4v) is 6.40. The van der Waals surface area contributed by atoms with Gasteiger partial charge in [-0.3, -0.25) is 14.4 Å². The number of likely N-dealkylation sites (tertiary alicyclic amines) is 1. The van der Waals surface area contributed by atoms with Gasteiger partial charge in [0.2, 0.25) is 11.8 Å². The summed E-state index contributed by atoms with van der Waals surface area (Å²) in [6.07, 6.45) is 3.88. The van der Waals surface area contributed by atoms with E-state index in [4.69, 9.17) is 4.74 Å². The summed E-state index contributed by atoms with van der Waals surface area (Å²) < 4.78 is 5.44. The fourth-order valence-electron chi connectivity index (χ4n) is 6.40. The van der Waals surface area contributed by atoms with Gasteiger partial charge in [-0.15, -0.1) is 0 Å². The van der Waals surface area contributed by atoms with Crippen LogP contribution in [-0.2, 0) is 15.0 Å². The standard InChI is InChI=1S/C30H31N5O4/c1-34(27(36)24-14-20-22(32-24)11-6-12-26(20)39-2)25(13-18-7-5-8-18)28(37)35-17-30(15-19(35)16-31)21-9-3-4-10-23(21)33-29(30)38/h3-4,6,9-12,14,18-19,25,32H,5,7-8,13,15,17H2,1-2H3,(H,33,38)/t19-,25?,30-/m0/s1. The summed E-state index contributed by atoms with van der Waals surface area (Å²) in [5, 5.41) is 13.8. The number of fused-ring (bicyclic) bond motifs is 3. The zero-order chi connectivity index (χ0) is 27.3. The summed E-state index contributed by atoms with van der Waals surface area (Å²) in [4.78, 5) is 47.4. The molecule has 3 aromatic rings. The Hall–Kier alpha value is -4.32. The number of H-pyrrole nitrogens is 1. The second kappa shape index (κ2) is 9.45. The van der Waals surface area contributed by atoms with Crippen molar-refractivity contribution in [2.45, 2.75) is 49.6 Å². The van der Waals surface area contributed by atoms with Crippen molar-refractivity contribution in [3.05, 3.63) is 59.8 Å². The maximum Gasteiger partial charge on any atom is 0.270 e. The van der Waals surface area contributed by atoms with E-state index >= 15 is 0 Å². The van der Waals surface area contributed by atoms with Gasteiger partial charge in [-0.25, -0.2) is 0 Å². The van der Waals surface area contributed by atoms with E-state index in [1.165, 1.54) is 9.80 Å². The minimum Gasteiger partial charge on any atom is -0.496 e. The van der Waals surface area contributed by atoms with Gasteiger partial charge in [-0.05, 0) is 42.2 Å². The maximum absolute atomic E-state index is 14.2. The van der Waals surface area contributed by atoms with Crippen LogP contribution >= 0.6 is 0 Å². The van der Waals surface area contributed by atoms with Crippen LogP contribution in [0.2, 0.25) is 0 Å². The molecule has 1 unspecified atom stereocenters.